The van der Waals surface area contributed by atoms with Gasteiger partial charge in [-0.3, -0.25) is 0 Å². The molecule has 4 nitrogen and oxygen atoms in total. The van der Waals surface area contributed by atoms with E-state index in [9.17, 15) is 9.59 Å². The SMILES string of the molecule is COC(=O)c1cc(C=CC(=O)OC(C)(C)C)ccc1Cl. The van der Waals surface area contributed by atoms with Crippen LogP contribution in [0.2, 0.25) is 5.02 Å². The van der Waals surface area contributed by atoms with Crippen LogP contribution in [0.15, 0.2) is 24.3 Å². The van der Waals surface area contributed by atoms with Gasteiger partial charge < -0.3 is 9.47 Å². The number of ether oxygens (including phenoxy) is 2. The maximum atomic E-state index is 11.5. The van der Waals surface area contributed by atoms with Gasteiger partial charge in [-0.2, -0.15) is 0 Å². The molecule has 0 aliphatic heterocycles. The van der Waals surface area contributed by atoms with Gasteiger partial charge >= 0.3 is 11.9 Å². The molecule has 0 spiro atoms. The highest BCUT2D eigenvalue weighted by molar-refractivity contribution is 6.33. The first-order valence-electron chi connectivity index (χ1n) is 6.02. The Kier molecular flexibility index (Phi) is 5.34. The third-order valence-electron chi connectivity index (χ3n) is 2.21. The van der Waals surface area contributed by atoms with Gasteiger partial charge in [-0.05, 0) is 44.5 Å². The molecule has 0 aromatic heterocycles. The fourth-order valence-corrected chi connectivity index (χ4v) is 1.61. The van der Waals surface area contributed by atoms with Crippen molar-refractivity contribution < 1.29 is 19.1 Å². The van der Waals surface area contributed by atoms with Gasteiger partial charge in [0.05, 0.1) is 17.7 Å². The van der Waals surface area contributed by atoms with E-state index >= 15 is 0 Å². The Hall–Kier alpha value is -1.81. The smallest absolute Gasteiger partial charge is 0.339 e. The van der Waals surface area contributed by atoms with Crippen LogP contribution >= 0.6 is 11.6 Å². The van der Waals surface area contributed by atoms with E-state index in [0.29, 0.717) is 10.6 Å². The predicted molar refractivity (Wildman–Crippen MR) is 77.7 cm³/mol. The molecule has 1 aromatic rings. The fourth-order valence-electron chi connectivity index (χ4n) is 1.41. The number of methoxy groups -OCH3 is 1. The lowest BCUT2D eigenvalue weighted by molar-refractivity contribution is -0.148. The second-order valence-electron chi connectivity index (χ2n) is 5.10. The Balaban J connectivity index is 2.88. The second-order valence-corrected chi connectivity index (χ2v) is 5.50. The summed E-state index contributed by atoms with van der Waals surface area (Å²) in [4.78, 5) is 23.0. The molecule has 0 N–H and O–H groups in total. The largest absolute Gasteiger partial charge is 0.465 e. The topological polar surface area (TPSA) is 52.6 Å². The molecule has 0 atom stereocenters. The second kappa shape index (κ2) is 6.57. The van der Waals surface area contributed by atoms with Crippen molar-refractivity contribution >= 4 is 29.6 Å². The molecule has 108 valence electrons. The Morgan fingerprint density at radius 2 is 1.90 bits per heavy atom. The molecule has 0 saturated carbocycles. The van der Waals surface area contributed by atoms with Crippen LogP contribution in [-0.4, -0.2) is 24.6 Å². The van der Waals surface area contributed by atoms with Crippen LogP contribution in [0.3, 0.4) is 0 Å². The highest BCUT2D eigenvalue weighted by Crippen LogP contribution is 2.19. The average Bonchev–Trinajstić information content (AvgIpc) is 2.35. The van der Waals surface area contributed by atoms with Crippen molar-refractivity contribution in [2.45, 2.75) is 26.4 Å². The number of benzene rings is 1. The lowest BCUT2D eigenvalue weighted by atomic mass is 10.1. The summed E-state index contributed by atoms with van der Waals surface area (Å²) in [5.41, 5.74) is 0.361. The molecule has 0 unspecified atom stereocenters. The van der Waals surface area contributed by atoms with E-state index in [1.54, 1.807) is 45.0 Å². The standard InChI is InChI=1S/C15H17ClO4/c1-15(2,3)20-13(17)8-6-10-5-7-12(16)11(9-10)14(18)19-4/h5-9H,1-4H3. The van der Waals surface area contributed by atoms with Crippen molar-refractivity contribution in [2.24, 2.45) is 0 Å². The van der Waals surface area contributed by atoms with Crippen molar-refractivity contribution in [3.05, 3.63) is 40.4 Å². The molecule has 0 fully saturated rings. The van der Waals surface area contributed by atoms with Gasteiger partial charge in [0.2, 0.25) is 0 Å². The van der Waals surface area contributed by atoms with Crippen molar-refractivity contribution in [3.8, 4) is 0 Å². The van der Waals surface area contributed by atoms with E-state index in [4.69, 9.17) is 16.3 Å². The lowest BCUT2D eigenvalue weighted by Gasteiger charge is -2.17. The van der Waals surface area contributed by atoms with E-state index in [2.05, 4.69) is 4.74 Å². The molecule has 0 amide bonds. The highest BCUT2D eigenvalue weighted by Gasteiger charge is 2.14. The molecule has 0 aliphatic carbocycles. The van der Waals surface area contributed by atoms with Gasteiger partial charge in [0, 0.05) is 6.08 Å². The first kappa shape index (κ1) is 16.2. The predicted octanol–water partition coefficient (Wildman–Crippen LogP) is 3.48. The summed E-state index contributed by atoms with van der Waals surface area (Å²) in [5, 5.41) is 0.297. The van der Waals surface area contributed by atoms with E-state index in [1.807, 2.05) is 0 Å². The summed E-state index contributed by atoms with van der Waals surface area (Å²) in [6.07, 6.45) is 2.85. The number of carbonyl (C=O) groups is 2. The Bertz CT molecular complexity index is 541. The first-order chi connectivity index (χ1) is 9.23. The quantitative estimate of drug-likeness (QED) is 0.633. The zero-order valence-electron chi connectivity index (χ0n) is 11.9. The van der Waals surface area contributed by atoms with E-state index in [-0.39, 0.29) is 5.56 Å². The molecular formula is C15H17ClO4. The van der Waals surface area contributed by atoms with Crippen molar-refractivity contribution in [2.75, 3.05) is 7.11 Å². The molecule has 0 aliphatic rings. The number of esters is 2. The van der Waals surface area contributed by atoms with Crippen LogP contribution in [0, 0.1) is 0 Å². The minimum Gasteiger partial charge on any atom is -0.465 e. The maximum Gasteiger partial charge on any atom is 0.339 e. The van der Waals surface area contributed by atoms with E-state index in [1.165, 1.54) is 13.2 Å². The van der Waals surface area contributed by atoms with Crippen LogP contribution in [-0.2, 0) is 14.3 Å². The fraction of sp³-hybridized carbons (Fsp3) is 0.333. The van der Waals surface area contributed by atoms with Crippen LogP contribution in [0.1, 0.15) is 36.7 Å². The molecule has 0 saturated heterocycles. The number of carbonyl (C=O) groups excluding carboxylic acids is 2. The van der Waals surface area contributed by atoms with Crippen molar-refractivity contribution in [1.82, 2.24) is 0 Å². The van der Waals surface area contributed by atoms with Gasteiger partial charge in [0.15, 0.2) is 0 Å². The lowest BCUT2D eigenvalue weighted by Crippen LogP contribution is -2.22. The molecule has 1 aromatic carbocycles. The normalized spacial score (nSPS) is 11.4. The molecule has 0 bridgehead atoms. The van der Waals surface area contributed by atoms with Crippen LogP contribution in [0.4, 0.5) is 0 Å². The van der Waals surface area contributed by atoms with E-state index < -0.39 is 17.5 Å². The highest BCUT2D eigenvalue weighted by atomic mass is 35.5. The summed E-state index contributed by atoms with van der Waals surface area (Å²) in [7, 11) is 1.28. The minimum atomic E-state index is -0.543. The summed E-state index contributed by atoms with van der Waals surface area (Å²) < 4.78 is 9.76. The summed E-state index contributed by atoms with van der Waals surface area (Å²) in [6, 6.07) is 4.81. The van der Waals surface area contributed by atoms with Crippen LogP contribution < -0.4 is 0 Å². The Morgan fingerprint density at radius 3 is 2.45 bits per heavy atom. The van der Waals surface area contributed by atoms with Crippen molar-refractivity contribution in [1.29, 1.82) is 0 Å². The molecular weight excluding hydrogens is 280 g/mol. The van der Waals surface area contributed by atoms with E-state index in [0.717, 1.165) is 0 Å². The molecule has 0 heterocycles. The molecule has 1 rings (SSSR count). The zero-order chi connectivity index (χ0) is 15.3. The van der Waals surface area contributed by atoms with Gasteiger partial charge in [0.25, 0.3) is 0 Å². The van der Waals surface area contributed by atoms with Gasteiger partial charge in [-0.25, -0.2) is 9.59 Å². The van der Waals surface area contributed by atoms with Gasteiger partial charge in [-0.1, -0.05) is 17.7 Å². The number of halogens is 1. The zero-order valence-corrected chi connectivity index (χ0v) is 12.7. The molecule has 0 radical (unpaired) electrons. The van der Waals surface area contributed by atoms with Gasteiger partial charge in [-0.15, -0.1) is 0 Å². The molecule has 20 heavy (non-hydrogen) atoms. The summed E-state index contributed by atoms with van der Waals surface area (Å²) >= 11 is 5.90. The number of hydrogen-bond donors (Lipinski definition) is 0. The average molecular weight is 297 g/mol. The molecule has 5 heteroatoms. The van der Waals surface area contributed by atoms with Gasteiger partial charge in [0.1, 0.15) is 5.60 Å². The Morgan fingerprint density at radius 1 is 1.25 bits per heavy atom. The monoisotopic (exact) mass is 296 g/mol. The maximum absolute atomic E-state index is 11.5. The minimum absolute atomic E-state index is 0.250. The van der Waals surface area contributed by atoms with Crippen LogP contribution in [0.5, 0.6) is 0 Å². The van der Waals surface area contributed by atoms with Crippen LogP contribution in [0.25, 0.3) is 6.08 Å². The summed E-state index contributed by atoms with van der Waals surface area (Å²) in [5.74, 6) is -0.977. The summed E-state index contributed by atoms with van der Waals surface area (Å²) in [6.45, 7) is 5.36. The third-order valence-corrected chi connectivity index (χ3v) is 2.54. The van der Waals surface area contributed by atoms with Crippen molar-refractivity contribution in [3.63, 3.8) is 0 Å². The number of hydrogen-bond acceptors (Lipinski definition) is 4. The number of rotatable bonds is 3. The Labute approximate surface area is 123 Å². The third kappa shape index (κ3) is 5.05. The first-order valence-corrected chi connectivity index (χ1v) is 6.39.